The van der Waals surface area contributed by atoms with Gasteiger partial charge in [-0.15, -0.1) is 0 Å². The minimum atomic E-state index is -0.959. The molecule has 2 aromatic rings. The zero-order chi connectivity index (χ0) is 14.0. The molecule has 2 rings (SSSR count). The third kappa shape index (κ3) is 3.35. The Balaban J connectivity index is 2.20. The first-order chi connectivity index (χ1) is 8.86. The van der Waals surface area contributed by atoms with E-state index >= 15 is 0 Å². The van der Waals surface area contributed by atoms with E-state index in [1.165, 1.54) is 0 Å². The molecule has 0 aliphatic rings. The Labute approximate surface area is 113 Å². The molecule has 0 atom stereocenters. The molecule has 0 radical (unpaired) electrons. The van der Waals surface area contributed by atoms with E-state index < -0.39 is 5.60 Å². The van der Waals surface area contributed by atoms with Crippen LogP contribution in [0.3, 0.4) is 0 Å². The van der Waals surface area contributed by atoms with Crippen molar-refractivity contribution in [1.82, 2.24) is 9.97 Å². The Morgan fingerprint density at radius 3 is 2.32 bits per heavy atom. The van der Waals surface area contributed by atoms with Crippen LogP contribution in [0.1, 0.15) is 33.5 Å². The van der Waals surface area contributed by atoms with E-state index in [2.05, 4.69) is 9.97 Å². The van der Waals surface area contributed by atoms with Gasteiger partial charge in [0.25, 0.3) is 0 Å². The largest absolute Gasteiger partial charge is 0.491 e. The molecule has 4 heteroatoms. The van der Waals surface area contributed by atoms with Crippen molar-refractivity contribution in [3.8, 4) is 17.0 Å². The minimum absolute atomic E-state index is 0.166. The van der Waals surface area contributed by atoms with Crippen molar-refractivity contribution >= 4 is 0 Å². The molecule has 0 aliphatic heterocycles. The lowest BCUT2D eigenvalue weighted by Gasteiger charge is -2.13. The third-order valence-electron chi connectivity index (χ3n) is 2.69. The Morgan fingerprint density at radius 1 is 1.21 bits per heavy atom. The molecule has 1 aromatic carbocycles. The van der Waals surface area contributed by atoms with Gasteiger partial charge in [-0.25, -0.2) is 4.98 Å². The second kappa shape index (κ2) is 5.05. The first kappa shape index (κ1) is 13.6. The highest BCUT2D eigenvalue weighted by atomic mass is 16.5. The maximum absolute atomic E-state index is 9.88. The summed E-state index contributed by atoms with van der Waals surface area (Å²) in [5.41, 5.74) is 0.936. The number of imidazole rings is 1. The third-order valence-corrected chi connectivity index (χ3v) is 2.69. The zero-order valence-electron chi connectivity index (χ0n) is 11.8. The predicted molar refractivity (Wildman–Crippen MR) is 75.0 cm³/mol. The Morgan fingerprint density at radius 2 is 1.84 bits per heavy atom. The van der Waals surface area contributed by atoms with Crippen LogP contribution in [0.25, 0.3) is 11.3 Å². The van der Waals surface area contributed by atoms with E-state index in [1.54, 1.807) is 20.0 Å². The summed E-state index contributed by atoms with van der Waals surface area (Å²) in [6, 6.07) is 7.80. The topological polar surface area (TPSA) is 58.1 Å². The quantitative estimate of drug-likeness (QED) is 0.888. The SMILES string of the molecule is CC(C)Oc1ccc(-c2cnc(C(C)(C)O)[nH]2)cc1. The van der Waals surface area contributed by atoms with Gasteiger partial charge in [-0.3, -0.25) is 0 Å². The molecule has 2 N–H and O–H groups in total. The number of nitrogens with one attached hydrogen (secondary N) is 1. The van der Waals surface area contributed by atoms with Crippen LogP contribution in [0.15, 0.2) is 30.5 Å². The smallest absolute Gasteiger partial charge is 0.138 e. The summed E-state index contributed by atoms with van der Waals surface area (Å²) in [7, 11) is 0. The van der Waals surface area contributed by atoms with Crippen LogP contribution in [-0.2, 0) is 5.60 Å². The number of hydrogen-bond acceptors (Lipinski definition) is 3. The fourth-order valence-corrected chi connectivity index (χ4v) is 1.76. The monoisotopic (exact) mass is 260 g/mol. The number of H-pyrrole nitrogens is 1. The van der Waals surface area contributed by atoms with E-state index in [4.69, 9.17) is 4.74 Å². The zero-order valence-corrected chi connectivity index (χ0v) is 11.8. The van der Waals surface area contributed by atoms with Crippen molar-refractivity contribution in [3.05, 3.63) is 36.3 Å². The number of aliphatic hydroxyl groups is 1. The number of nitrogens with zero attached hydrogens (tertiary/aromatic N) is 1. The standard InChI is InChI=1S/C15H20N2O2/c1-10(2)19-12-7-5-11(6-8-12)13-9-16-14(17-13)15(3,4)18/h5-10,18H,1-4H3,(H,16,17). The highest BCUT2D eigenvalue weighted by Gasteiger charge is 2.19. The van der Waals surface area contributed by atoms with Gasteiger partial charge < -0.3 is 14.8 Å². The normalized spacial score (nSPS) is 11.9. The number of rotatable bonds is 4. The maximum Gasteiger partial charge on any atom is 0.138 e. The van der Waals surface area contributed by atoms with E-state index in [-0.39, 0.29) is 6.10 Å². The van der Waals surface area contributed by atoms with Gasteiger partial charge in [0.05, 0.1) is 18.0 Å². The highest BCUT2D eigenvalue weighted by molar-refractivity contribution is 5.59. The van der Waals surface area contributed by atoms with Gasteiger partial charge in [0.2, 0.25) is 0 Å². The second-order valence-electron chi connectivity index (χ2n) is 5.40. The first-order valence-electron chi connectivity index (χ1n) is 6.41. The summed E-state index contributed by atoms with van der Waals surface area (Å²) in [6.07, 6.45) is 1.89. The minimum Gasteiger partial charge on any atom is -0.491 e. The van der Waals surface area contributed by atoms with Crippen LogP contribution in [0, 0.1) is 0 Å². The Kier molecular flexibility index (Phi) is 3.62. The number of hydrogen-bond donors (Lipinski definition) is 2. The number of ether oxygens (including phenoxy) is 1. The number of benzene rings is 1. The van der Waals surface area contributed by atoms with Crippen molar-refractivity contribution in [2.45, 2.75) is 39.4 Å². The van der Waals surface area contributed by atoms with Crippen molar-refractivity contribution in [3.63, 3.8) is 0 Å². The molecule has 0 aliphatic carbocycles. The molecule has 0 saturated carbocycles. The molecule has 102 valence electrons. The van der Waals surface area contributed by atoms with E-state index in [0.29, 0.717) is 5.82 Å². The van der Waals surface area contributed by atoms with Crippen LogP contribution < -0.4 is 4.74 Å². The van der Waals surface area contributed by atoms with Gasteiger partial charge in [0.1, 0.15) is 17.2 Å². The summed E-state index contributed by atoms with van der Waals surface area (Å²) >= 11 is 0. The van der Waals surface area contributed by atoms with Crippen molar-refractivity contribution in [2.75, 3.05) is 0 Å². The van der Waals surface area contributed by atoms with Crippen LogP contribution in [-0.4, -0.2) is 21.2 Å². The van der Waals surface area contributed by atoms with Crippen LogP contribution in [0.4, 0.5) is 0 Å². The molecule has 0 unspecified atom stereocenters. The molecule has 0 saturated heterocycles. The summed E-state index contributed by atoms with van der Waals surface area (Å²) in [6.45, 7) is 7.40. The van der Waals surface area contributed by atoms with E-state index in [0.717, 1.165) is 17.0 Å². The van der Waals surface area contributed by atoms with Gasteiger partial charge in [-0.2, -0.15) is 0 Å². The molecular weight excluding hydrogens is 240 g/mol. The summed E-state index contributed by atoms with van der Waals surface area (Å²) in [4.78, 5) is 7.33. The summed E-state index contributed by atoms with van der Waals surface area (Å²) in [5.74, 6) is 1.41. The molecule has 0 amide bonds. The van der Waals surface area contributed by atoms with Gasteiger partial charge in [0, 0.05) is 0 Å². The summed E-state index contributed by atoms with van der Waals surface area (Å²) < 4.78 is 5.60. The lowest BCUT2D eigenvalue weighted by molar-refractivity contribution is 0.0697. The highest BCUT2D eigenvalue weighted by Crippen LogP contribution is 2.24. The number of aromatic nitrogens is 2. The van der Waals surface area contributed by atoms with Crippen molar-refractivity contribution < 1.29 is 9.84 Å². The van der Waals surface area contributed by atoms with E-state index in [1.807, 2.05) is 38.1 Å². The molecular formula is C15H20N2O2. The lowest BCUT2D eigenvalue weighted by atomic mass is 10.1. The van der Waals surface area contributed by atoms with Gasteiger partial charge in [-0.1, -0.05) is 0 Å². The van der Waals surface area contributed by atoms with Crippen LogP contribution >= 0.6 is 0 Å². The average molecular weight is 260 g/mol. The van der Waals surface area contributed by atoms with Crippen molar-refractivity contribution in [2.24, 2.45) is 0 Å². The van der Waals surface area contributed by atoms with Crippen LogP contribution in [0.5, 0.6) is 5.75 Å². The second-order valence-corrected chi connectivity index (χ2v) is 5.40. The van der Waals surface area contributed by atoms with Gasteiger partial charge in [-0.05, 0) is 57.5 Å². The molecule has 0 spiro atoms. The van der Waals surface area contributed by atoms with E-state index in [9.17, 15) is 5.11 Å². The molecule has 1 heterocycles. The summed E-state index contributed by atoms with van der Waals surface area (Å²) in [5, 5.41) is 9.88. The molecule has 1 aromatic heterocycles. The average Bonchev–Trinajstić information content (AvgIpc) is 2.78. The van der Waals surface area contributed by atoms with Gasteiger partial charge in [0.15, 0.2) is 0 Å². The predicted octanol–water partition coefficient (Wildman–Crippen LogP) is 3.09. The number of aromatic amines is 1. The molecule has 4 nitrogen and oxygen atoms in total. The molecule has 0 fully saturated rings. The fourth-order valence-electron chi connectivity index (χ4n) is 1.76. The van der Waals surface area contributed by atoms with Gasteiger partial charge >= 0.3 is 0 Å². The lowest BCUT2D eigenvalue weighted by Crippen LogP contribution is -2.17. The maximum atomic E-state index is 9.88. The Hall–Kier alpha value is -1.81. The fraction of sp³-hybridized carbons (Fsp3) is 0.400. The first-order valence-corrected chi connectivity index (χ1v) is 6.41. The van der Waals surface area contributed by atoms with Crippen LogP contribution in [0.2, 0.25) is 0 Å². The Bertz CT molecular complexity index is 536. The van der Waals surface area contributed by atoms with Crippen molar-refractivity contribution in [1.29, 1.82) is 0 Å². The molecule has 0 bridgehead atoms. The molecule has 19 heavy (non-hydrogen) atoms.